The van der Waals surface area contributed by atoms with Gasteiger partial charge in [0, 0.05) is 19.2 Å². The Morgan fingerprint density at radius 2 is 2.33 bits per heavy atom. The molecular formula is C12H17N3O3. The van der Waals surface area contributed by atoms with Gasteiger partial charge in [-0.2, -0.15) is 0 Å². The fourth-order valence-electron chi connectivity index (χ4n) is 1.80. The normalized spacial score (nSPS) is 15.4. The minimum Gasteiger partial charge on any atom is -0.482 e. The summed E-state index contributed by atoms with van der Waals surface area (Å²) < 4.78 is 5.28. The lowest BCUT2D eigenvalue weighted by Gasteiger charge is -2.28. The van der Waals surface area contributed by atoms with Crippen LogP contribution in [0.4, 0.5) is 17.1 Å². The summed E-state index contributed by atoms with van der Waals surface area (Å²) in [6.07, 6.45) is 0. The monoisotopic (exact) mass is 251 g/mol. The minimum absolute atomic E-state index is 0.00860. The van der Waals surface area contributed by atoms with Crippen molar-refractivity contribution >= 4 is 23.0 Å². The number of aliphatic hydroxyl groups excluding tert-OH is 1. The molecule has 18 heavy (non-hydrogen) atoms. The number of hydrogen-bond acceptors (Lipinski definition) is 5. The molecule has 1 unspecified atom stereocenters. The first-order valence-corrected chi connectivity index (χ1v) is 5.72. The number of carbonyl (C=O) groups excluding carboxylic acids is 1. The molecule has 6 heteroatoms. The van der Waals surface area contributed by atoms with Crippen LogP contribution in [0.25, 0.3) is 0 Å². The number of aliphatic hydroxyl groups is 1. The van der Waals surface area contributed by atoms with Gasteiger partial charge in [0.1, 0.15) is 5.75 Å². The number of nitrogen functional groups attached to an aromatic ring is 1. The molecule has 0 aromatic heterocycles. The molecule has 98 valence electrons. The number of likely N-dealkylation sites (N-methyl/N-ethyl adjacent to an activating group) is 1. The van der Waals surface area contributed by atoms with Crippen LogP contribution in [0.15, 0.2) is 12.1 Å². The Morgan fingerprint density at radius 3 is 3.00 bits per heavy atom. The number of nitrogens with zero attached hydrogens (tertiary/aromatic N) is 1. The maximum Gasteiger partial charge on any atom is 0.262 e. The van der Waals surface area contributed by atoms with E-state index in [0.29, 0.717) is 17.1 Å². The molecule has 0 fully saturated rings. The maximum atomic E-state index is 11.3. The number of nitrogens with one attached hydrogen (secondary N) is 1. The summed E-state index contributed by atoms with van der Waals surface area (Å²) in [6.45, 7) is 1.92. The van der Waals surface area contributed by atoms with Crippen LogP contribution in [0.1, 0.15) is 6.92 Å². The zero-order valence-corrected chi connectivity index (χ0v) is 10.4. The highest BCUT2D eigenvalue weighted by Gasteiger charge is 2.20. The standard InChI is InChI=1S/C12H17N3O3/c1-7(5-16)15(2)10-4-9-11(3-8(10)13)18-6-12(17)14-9/h3-4,7,16H,5-6,13H2,1-2H3,(H,14,17). The van der Waals surface area contributed by atoms with Crippen molar-refractivity contribution in [2.75, 3.05) is 36.2 Å². The van der Waals surface area contributed by atoms with Gasteiger partial charge in [-0.25, -0.2) is 0 Å². The molecule has 1 aromatic rings. The predicted octanol–water partition coefficient (Wildman–Crippen LogP) is 0.417. The first-order valence-electron chi connectivity index (χ1n) is 5.72. The minimum atomic E-state index is -0.184. The van der Waals surface area contributed by atoms with E-state index < -0.39 is 0 Å². The van der Waals surface area contributed by atoms with E-state index in [9.17, 15) is 4.79 Å². The number of anilines is 3. The summed E-state index contributed by atoms with van der Waals surface area (Å²) in [5.74, 6) is 0.386. The van der Waals surface area contributed by atoms with Crippen molar-refractivity contribution < 1.29 is 14.6 Å². The second-order valence-corrected chi connectivity index (χ2v) is 4.39. The summed E-state index contributed by atoms with van der Waals surface area (Å²) >= 11 is 0. The first kappa shape index (κ1) is 12.5. The van der Waals surface area contributed by atoms with Gasteiger partial charge in [-0.15, -0.1) is 0 Å². The van der Waals surface area contributed by atoms with Gasteiger partial charge >= 0.3 is 0 Å². The zero-order valence-electron chi connectivity index (χ0n) is 10.4. The molecule has 1 aromatic carbocycles. The molecule has 0 saturated carbocycles. The molecule has 1 atom stereocenters. The molecular weight excluding hydrogens is 234 g/mol. The highest BCUT2D eigenvalue weighted by atomic mass is 16.5. The zero-order chi connectivity index (χ0) is 13.3. The molecule has 0 radical (unpaired) electrons. The van der Waals surface area contributed by atoms with Crippen molar-refractivity contribution in [3.8, 4) is 5.75 Å². The number of benzene rings is 1. The molecule has 0 aliphatic carbocycles. The number of amides is 1. The summed E-state index contributed by atoms with van der Waals surface area (Å²) in [7, 11) is 1.84. The lowest BCUT2D eigenvalue weighted by atomic mass is 10.1. The van der Waals surface area contributed by atoms with E-state index in [1.807, 2.05) is 18.9 Å². The molecule has 1 amide bonds. The van der Waals surface area contributed by atoms with Crippen molar-refractivity contribution in [3.63, 3.8) is 0 Å². The van der Waals surface area contributed by atoms with Crippen LogP contribution in [0.2, 0.25) is 0 Å². The lowest BCUT2D eigenvalue weighted by molar-refractivity contribution is -0.118. The number of carbonyl (C=O) groups is 1. The van der Waals surface area contributed by atoms with E-state index in [1.165, 1.54) is 0 Å². The topological polar surface area (TPSA) is 87.8 Å². The van der Waals surface area contributed by atoms with E-state index in [4.69, 9.17) is 15.6 Å². The molecule has 0 spiro atoms. The predicted molar refractivity (Wildman–Crippen MR) is 69.9 cm³/mol. The van der Waals surface area contributed by atoms with Gasteiger partial charge in [0.05, 0.1) is 23.7 Å². The smallest absolute Gasteiger partial charge is 0.262 e. The van der Waals surface area contributed by atoms with Crippen molar-refractivity contribution in [2.24, 2.45) is 0 Å². The Bertz CT molecular complexity index is 476. The SMILES string of the molecule is CC(CO)N(C)c1cc2c(cc1N)OCC(=O)N2. The van der Waals surface area contributed by atoms with Crippen LogP contribution in [0, 0.1) is 0 Å². The third-order valence-electron chi connectivity index (χ3n) is 3.07. The van der Waals surface area contributed by atoms with Crippen molar-refractivity contribution in [2.45, 2.75) is 13.0 Å². The Hall–Kier alpha value is -1.95. The van der Waals surface area contributed by atoms with Crippen LogP contribution in [0.3, 0.4) is 0 Å². The van der Waals surface area contributed by atoms with Crippen molar-refractivity contribution in [1.82, 2.24) is 0 Å². The van der Waals surface area contributed by atoms with Crippen LogP contribution in [-0.4, -0.2) is 37.3 Å². The van der Waals surface area contributed by atoms with Gasteiger partial charge in [-0.05, 0) is 13.0 Å². The van der Waals surface area contributed by atoms with Crippen LogP contribution in [0.5, 0.6) is 5.75 Å². The third kappa shape index (κ3) is 2.19. The number of nitrogens with two attached hydrogens (primary N) is 1. The highest BCUT2D eigenvalue weighted by Crippen LogP contribution is 2.37. The molecule has 1 heterocycles. The highest BCUT2D eigenvalue weighted by molar-refractivity contribution is 5.97. The first-order chi connectivity index (χ1) is 8.52. The number of ether oxygens (including phenoxy) is 1. The van der Waals surface area contributed by atoms with Crippen molar-refractivity contribution in [1.29, 1.82) is 0 Å². The molecule has 1 aliphatic rings. The van der Waals surface area contributed by atoms with E-state index in [1.54, 1.807) is 12.1 Å². The van der Waals surface area contributed by atoms with Crippen LogP contribution >= 0.6 is 0 Å². The van der Waals surface area contributed by atoms with Gasteiger partial charge in [-0.3, -0.25) is 4.79 Å². The average Bonchev–Trinajstić information content (AvgIpc) is 2.36. The summed E-state index contributed by atoms with van der Waals surface area (Å²) in [4.78, 5) is 13.1. The van der Waals surface area contributed by atoms with Crippen LogP contribution < -0.4 is 20.7 Å². The number of hydrogen-bond donors (Lipinski definition) is 3. The Morgan fingerprint density at radius 1 is 1.61 bits per heavy atom. The molecule has 0 bridgehead atoms. The van der Waals surface area contributed by atoms with Crippen LogP contribution in [-0.2, 0) is 4.79 Å². The maximum absolute atomic E-state index is 11.3. The van der Waals surface area contributed by atoms with Gasteiger partial charge < -0.3 is 25.8 Å². The molecule has 6 nitrogen and oxygen atoms in total. The summed E-state index contributed by atoms with van der Waals surface area (Å²) in [5.41, 5.74) is 7.86. The summed E-state index contributed by atoms with van der Waals surface area (Å²) in [5, 5.41) is 11.9. The van der Waals surface area contributed by atoms with E-state index in [-0.39, 0.29) is 25.2 Å². The molecule has 4 N–H and O–H groups in total. The Kier molecular flexibility index (Phi) is 3.29. The van der Waals surface area contributed by atoms with E-state index in [0.717, 1.165) is 5.69 Å². The Balaban J connectivity index is 2.37. The lowest BCUT2D eigenvalue weighted by Crippen LogP contribution is -2.33. The van der Waals surface area contributed by atoms with E-state index in [2.05, 4.69) is 5.32 Å². The Labute approximate surface area is 105 Å². The molecule has 2 rings (SSSR count). The quantitative estimate of drug-likeness (QED) is 0.677. The largest absolute Gasteiger partial charge is 0.482 e. The van der Waals surface area contributed by atoms with Gasteiger partial charge in [0.25, 0.3) is 5.91 Å². The second kappa shape index (κ2) is 4.73. The molecule has 0 saturated heterocycles. The van der Waals surface area contributed by atoms with Gasteiger partial charge in [0.15, 0.2) is 6.61 Å². The van der Waals surface area contributed by atoms with Gasteiger partial charge in [-0.1, -0.05) is 0 Å². The molecule has 1 aliphatic heterocycles. The fraction of sp³-hybridized carbons (Fsp3) is 0.417. The number of fused-ring (bicyclic) bond motifs is 1. The third-order valence-corrected chi connectivity index (χ3v) is 3.07. The van der Waals surface area contributed by atoms with Gasteiger partial charge in [0.2, 0.25) is 0 Å². The van der Waals surface area contributed by atoms with E-state index >= 15 is 0 Å². The van der Waals surface area contributed by atoms with Crippen molar-refractivity contribution in [3.05, 3.63) is 12.1 Å². The average molecular weight is 251 g/mol. The summed E-state index contributed by atoms with van der Waals surface area (Å²) in [6, 6.07) is 3.38. The number of rotatable bonds is 3. The second-order valence-electron chi connectivity index (χ2n) is 4.39. The fourth-order valence-corrected chi connectivity index (χ4v) is 1.80.